The Balaban J connectivity index is 0.000000394. The van der Waals surface area contributed by atoms with Crippen LogP contribution >= 0.6 is 0 Å². The van der Waals surface area contributed by atoms with Crippen LogP contribution in [0.25, 0.3) is 0 Å². The first-order valence-electron chi connectivity index (χ1n) is 6.60. The number of hydrogen-bond acceptors (Lipinski definition) is 1. The van der Waals surface area contributed by atoms with Crippen molar-refractivity contribution in [3.8, 4) is 0 Å². The van der Waals surface area contributed by atoms with Gasteiger partial charge in [-0.05, 0) is 31.0 Å². The zero-order valence-corrected chi connectivity index (χ0v) is 11.5. The predicted octanol–water partition coefficient (Wildman–Crippen LogP) is 4.34. The van der Waals surface area contributed by atoms with E-state index in [1.807, 2.05) is 13.8 Å². The van der Waals surface area contributed by atoms with Crippen LogP contribution in [0.15, 0.2) is 24.3 Å². The van der Waals surface area contributed by atoms with Gasteiger partial charge < -0.3 is 5.32 Å². The van der Waals surface area contributed by atoms with Crippen molar-refractivity contribution >= 4 is 0 Å². The van der Waals surface area contributed by atoms with Crippen molar-refractivity contribution in [2.75, 3.05) is 6.54 Å². The predicted molar refractivity (Wildman–Crippen MR) is 73.9 cm³/mol. The Labute approximate surface area is 101 Å². The average molecular weight is 221 g/mol. The highest BCUT2D eigenvalue weighted by Crippen LogP contribution is 2.21. The van der Waals surface area contributed by atoms with Gasteiger partial charge in [-0.25, -0.2) is 0 Å². The van der Waals surface area contributed by atoms with E-state index in [2.05, 4.69) is 50.4 Å². The number of hydrogen-bond donors (Lipinski definition) is 1. The van der Waals surface area contributed by atoms with E-state index in [0.29, 0.717) is 6.04 Å². The summed E-state index contributed by atoms with van der Waals surface area (Å²) in [6, 6.07) is 9.22. The molecule has 0 saturated carbocycles. The molecule has 0 bridgehead atoms. The third kappa shape index (κ3) is 4.80. The molecule has 0 amide bonds. The van der Waals surface area contributed by atoms with Gasteiger partial charge in [-0.1, -0.05) is 58.4 Å². The molecule has 0 fully saturated rings. The Hall–Kier alpha value is -0.820. The summed E-state index contributed by atoms with van der Waals surface area (Å²) in [7, 11) is 0. The van der Waals surface area contributed by atoms with Crippen LogP contribution in [-0.4, -0.2) is 6.54 Å². The average Bonchev–Trinajstić information content (AvgIpc) is 2.33. The van der Waals surface area contributed by atoms with Crippen molar-refractivity contribution in [1.29, 1.82) is 0 Å². The smallest absolute Gasteiger partial charge is 0.0294 e. The molecule has 0 saturated heterocycles. The number of nitrogens with one attached hydrogen (secondary N) is 1. The minimum atomic E-state index is 0.542. The summed E-state index contributed by atoms with van der Waals surface area (Å²) in [4.78, 5) is 0. The van der Waals surface area contributed by atoms with Crippen LogP contribution in [0.4, 0.5) is 0 Å². The third-order valence-corrected chi connectivity index (χ3v) is 2.37. The molecule has 0 aromatic heterocycles. The number of benzene rings is 1. The van der Waals surface area contributed by atoms with Gasteiger partial charge in [0.15, 0.2) is 0 Å². The summed E-state index contributed by atoms with van der Waals surface area (Å²) in [5, 5.41) is 3.44. The molecule has 2 rings (SSSR count). The van der Waals surface area contributed by atoms with Crippen LogP contribution < -0.4 is 5.32 Å². The standard InChI is InChI=1S/C10H13N.C3H8.C2H6/c1-8-10-5-3-2-4-9(10)6-7-11-8;1-3-2;1-2/h2-5,8,11H,6-7H2,1H3;3H2,1-2H3;1-2H3. The van der Waals surface area contributed by atoms with E-state index in [1.54, 1.807) is 0 Å². The molecule has 1 aliphatic heterocycles. The summed E-state index contributed by atoms with van der Waals surface area (Å²) >= 11 is 0. The van der Waals surface area contributed by atoms with Crippen molar-refractivity contribution in [3.05, 3.63) is 35.4 Å². The van der Waals surface area contributed by atoms with Crippen molar-refractivity contribution in [1.82, 2.24) is 5.32 Å². The lowest BCUT2D eigenvalue weighted by Gasteiger charge is -2.23. The van der Waals surface area contributed by atoms with E-state index in [1.165, 1.54) is 24.0 Å². The molecular formula is C15H27N. The monoisotopic (exact) mass is 221 g/mol. The van der Waals surface area contributed by atoms with Crippen LogP contribution in [0.5, 0.6) is 0 Å². The van der Waals surface area contributed by atoms with E-state index in [0.717, 1.165) is 6.54 Å². The van der Waals surface area contributed by atoms with Gasteiger partial charge in [-0.15, -0.1) is 0 Å². The van der Waals surface area contributed by atoms with Gasteiger partial charge in [-0.2, -0.15) is 0 Å². The summed E-state index contributed by atoms with van der Waals surface area (Å²) in [6.07, 6.45) is 2.43. The molecule has 0 aliphatic carbocycles. The second-order valence-corrected chi connectivity index (χ2v) is 3.83. The summed E-state index contributed by atoms with van der Waals surface area (Å²) in [5.41, 5.74) is 2.98. The van der Waals surface area contributed by atoms with Crippen molar-refractivity contribution in [2.45, 2.75) is 53.5 Å². The Morgan fingerprint density at radius 1 is 1.19 bits per heavy atom. The normalized spacial score (nSPS) is 17.2. The molecule has 92 valence electrons. The lowest BCUT2D eigenvalue weighted by Crippen LogP contribution is -2.27. The van der Waals surface area contributed by atoms with Crippen LogP contribution in [-0.2, 0) is 6.42 Å². The maximum Gasteiger partial charge on any atom is 0.0294 e. The first-order valence-corrected chi connectivity index (χ1v) is 6.60. The molecule has 1 heteroatoms. The van der Waals surface area contributed by atoms with Gasteiger partial charge in [-0.3, -0.25) is 0 Å². The van der Waals surface area contributed by atoms with Gasteiger partial charge in [0.25, 0.3) is 0 Å². The van der Waals surface area contributed by atoms with Crippen LogP contribution in [0.1, 0.15) is 58.2 Å². The van der Waals surface area contributed by atoms with E-state index in [4.69, 9.17) is 0 Å². The SMILES string of the molecule is CC.CC1NCCc2ccccc21.CCC. The Morgan fingerprint density at radius 2 is 1.75 bits per heavy atom. The zero-order valence-electron chi connectivity index (χ0n) is 11.5. The lowest BCUT2D eigenvalue weighted by atomic mass is 9.96. The van der Waals surface area contributed by atoms with Gasteiger partial charge in [0.2, 0.25) is 0 Å². The molecule has 1 aromatic carbocycles. The van der Waals surface area contributed by atoms with Crippen molar-refractivity contribution < 1.29 is 0 Å². The second kappa shape index (κ2) is 9.41. The molecule has 1 aromatic rings. The molecule has 0 spiro atoms. The van der Waals surface area contributed by atoms with Gasteiger partial charge >= 0.3 is 0 Å². The second-order valence-electron chi connectivity index (χ2n) is 3.83. The van der Waals surface area contributed by atoms with Crippen LogP contribution in [0.2, 0.25) is 0 Å². The highest BCUT2D eigenvalue weighted by Gasteiger charge is 2.13. The summed E-state index contributed by atoms with van der Waals surface area (Å²) in [5.74, 6) is 0. The lowest BCUT2D eigenvalue weighted by molar-refractivity contribution is 0.541. The fraction of sp³-hybridized carbons (Fsp3) is 0.600. The van der Waals surface area contributed by atoms with Crippen molar-refractivity contribution in [2.24, 2.45) is 0 Å². The van der Waals surface area contributed by atoms with Crippen molar-refractivity contribution in [3.63, 3.8) is 0 Å². The number of rotatable bonds is 0. The molecule has 1 aliphatic rings. The minimum absolute atomic E-state index is 0.542. The summed E-state index contributed by atoms with van der Waals surface area (Å²) < 4.78 is 0. The maximum atomic E-state index is 3.44. The number of fused-ring (bicyclic) bond motifs is 1. The maximum absolute atomic E-state index is 3.44. The Kier molecular flexibility index (Phi) is 8.93. The van der Waals surface area contributed by atoms with Crippen LogP contribution in [0, 0.1) is 0 Å². The van der Waals surface area contributed by atoms with Gasteiger partial charge in [0.05, 0.1) is 0 Å². The topological polar surface area (TPSA) is 12.0 Å². The van der Waals surface area contributed by atoms with E-state index in [9.17, 15) is 0 Å². The first kappa shape index (κ1) is 15.2. The molecule has 1 atom stereocenters. The first-order chi connectivity index (χ1) is 7.79. The highest BCUT2D eigenvalue weighted by atomic mass is 14.9. The van der Waals surface area contributed by atoms with Gasteiger partial charge in [0, 0.05) is 6.04 Å². The quantitative estimate of drug-likeness (QED) is 0.687. The molecule has 1 heterocycles. The fourth-order valence-corrected chi connectivity index (χ4v) is 1.72. The molecule has 1 N–H and O–H groups in total. The molecule has 1 nitrogen and oxygen atoms in total. The molecule has 1 unspecified atom stereocenters. The zero-order chi connectivity index (χ0) is 12.4. The van der Waals surface area contributed by atoms with E-state index >= 15 is 0 Å². The Bertz CT molecular complexity index is 268. The minimum Gasteiger partial charge on any atom is -0.310 e. The largest absolute Gasteiger partial charge is 0.310 e. The third-order valence-electron chi connectivity index (χ3n) is 2.37. The molecule has 0 radical (unpaired) electrons. The van der Waals surface area contributed by atoms with Crippen LogP contribution in [0.3, 0.4) is 0 Å². The molecule has 16 heavy (non-hydrogen) atoms. The highest BCUT2D eigenvalue weighted by molar-refractivity contribution is 5.31. The molecular weight excluding hydrogens is 194 g/mol. The van der Waals surface area contributed by atoms with E-state index < -0.39 is 0 Å². The van der Waals surface area contributed by atoms with E-state index in [-0.39, 0.29) is 0 Å². The summed E-state index contributed by atoms with van der Waals surface area (Å²) in [6.45, 7) is 11.6. The Morgan fingerprint density at radius 3 is 2.31 bits per heavy atom. The van der Waals surface area contributed by atoms with Gasteiger partial charge in [0.1, 0.15) is 0 Å². The fourth-order valence-electron chi connectivity index (χ4n) is 1.72.